The van der Waals surface area contributed by atoms with Crippen molar-refractivity contribution in [3.05, 3.63) is 0 Å². The molecule has 0 radical (unpaired) electrons. The molecule has 1 atom stereocenters. The number of nitrogens with one attached hydrogen (secondary N) is 2. The fourth-order valence-corrected chi connectivity index (χ4v) is 1.06. The van der Waals surface area contributed by atoms with E-state index in [1.165, 1.54) is 13.8 Å². The van der Waals surface area contributed by atoms with Crippen LogP contribution in [0.1, 0.15) is 20.3 Å². The Morgan fingerprint density at radius 2 is 2.31 bits per heavy atom. The summed E-state index contributed by atoms with van der Waals surface area (Å²) in [5, 5.41) is 5.00. The van der Waals surface area contributed by atoms with E-state index in [9.17, 15) is 14.0 Å². The maximum absolute atomic E-state index is 13.0. The zero-order chi connectivity index (χ0) is 10.1. The van der Waals surface area contributed by atoms with Crippen molar-refractivity contribution in [2.45, 2.75) is 32.0 Å². The second-order valence-electron chi connectivity index (χ2n) is 3.65. The second kappa shape index (κ2) is 3.32. The van der Waals surface area contributed by atoms with E-state index in [4.69, 9.17) is 0 Å². The molecule has 1 saturated heterocycles. The molecule has 1 unspecified atom stereocenters. The Hall–Kier alpha value is -1.13. The van der Waals surface area contributed by atoms with E-state index in [1.54, 1.807) is 0 Å². The minimum absolute atomic E-state index is 0.109. The van der Waals surface area contributed by atoms with Gasteiger partial charge in [0.15, 0.2) is 5.67 Å². The van der Waals surface area contributed by atoms with Crippen molar-refractivity contribution in [1.29, 1.82) is 0 Å². The number of hydrogen-bond donors (Lipinski definition) is 2. The Morgan fingerprint density at radius 3 is 2.69 bits per heavy atom. The highest BCUT2D eigenvalue weighted by atomic mass is 19.1. The Bertz CT molecular complexity index is 235. The topological polar surface area (TPSA) is 58.2 Å². The molecular formula is C8H13FN2O2. The molecule has 0 bridgehead atoms. The zero-order valence-electron chi connectivity index (χ0n) is 7.69. The number of amides is 2. The highest BCUT2D eigenvalue weighted by molar-refractivity contribution is 5.86. The molecule has 0 aromatic heterocycles. The SMILES string of the molecule is CC(C)(F)C(=O)NC1CNC(=O)C1. The van der Waals surface area contributed by atoms with Gasteiger partial charge in [-0.1, -0.05) is 0 Å². The standard InChI is InChI=1S/C8H13FN2O2/c1-8(2,9)7(13)11-5-3-6(12)10-4-5/h5H,3-4H2,1-2H3,(H,10,12)(H,11,13). The number of alkyl halides is 1. The van der Waals surface area contributed by atoms with E-state index in [2.05, 4.69) is 10.6 Å². The van der Waals surface area contributed by atoms with E-state index in [-0.39, 0.29) is 18.4 Å². The molecule has 1 aliphatic heterocycles. The van der Waals surface area contributed by atoms with Crippen LogP contribution in [-0.4, -0.2) is 30.1 Å². The molecule has 13 heavy (non-hydrogen) atoms. The van der Waals surface area contributed by atoms with Gasteiger partial charge in [-0.25, -0.2) is 4.39 Å². The van der Waals surface area contributed by atoms with Gasteiger partial charge in [0.05, 0.1) is 6.04 Å². The van der Waals surface area contributed by atoms with Gasteiger partial charge in [-0.2, -0.15) is 0 Å². The van der Waals surface area contributed by atoms with Crippen LogP contribution in [0.2, 0.25) is 0 Å². The summed E-state index contributed by atoms with van der Waals surface area (Å²) < 4.78 is 13.0. The Labute approximate surface area is 75.9 Å². The van der Waals surface area contributed by atoms with Crippen molar-refractivity contribution in [2.24, 2.45) is 0 Å². The van der Waals surface area contributed by atoms with Crippen LogP contribution < -0.4 is 10.6 Å². The third-order valence-electron chi connectivity index (χ3n) is 1.85. The van der Waals surface area contributed by atoms with Gasteiger partial charge in [0, 0.05) is 13.0 Å². The molecule has 0 aliphatic carbocycles. The third-order valence-corrected chi connectivity index (χ3v) is 1.85. The molecule has 1 aliphatic rings. The highest BCUT2D eigenvalue weighted by Gasteiger charge is 2.31. The fraction of sp³-hybridized carbons (Fsp3) is 0.750. The second-order valence-corrected chi connectivity index (χ2v) is 3.65. The van der Waals surface area contributed by atoms with E-state index >= 15 is 0 Å². The molecule has 74 valence electrons. The quantitative estimate of drug-likeness (QED) is 0.627. The number of hydrogen-bond acceptors (Lipinski definition) is 2. The van der Waals surface area contributed by atoms with Crippen molar-refractivity contribution in [3.63, 3.8) is 0 Å². The summed E-state index contributed by atoms with van der Waals surface area (Å²) in [5.74, 6) is -0.782. The number of halogens is 1. The van der Waals surface area contributed by atoms with E-state index in [1.807, 2.05) is 0 Å². The lowest BCUT2D eigenvalue weighted by atomic mass is 10.1. The van der Waals surface area contributed by atoms with Gasteiger partial charge in [0.2, 0.25) is 5.91 Å². The number of carbonyl (C=O) groups excluding carboxylic acids is 2. The minimum atomic E-state index is -1.88. The molecule has 1 heterocycles. The first kappa shape index (κ1) is 9.95. The van der Waals surface area contributed by atoms with Crippen LogP contribution in [0.3, 0.4) is 0 Å². The van der Waals surface area contributed by atoms with Gasteiger partial charge in [-0.05, 0) is 13.8 Å². The average Bonchev–Trinajstić information content (AvgIpc) is 2.33. The van der Waals surface area contributed by atoms with Gasteiger partial charge in [0.1, 0.15) is 0 Å². The van der Waals surface area contributed by atoms with Crippen LogP contribution in [0.25, 0.3) is 0 Å². The predicted octanol–water partition coefficient (Wildman–Crippen LogP) is -0.261. The summed E-state index contributed by atoms with van der Waals surface area (Å²) in [7, 11) is 0. The molecule has 5 heteroatoms. The smallest absolute Gasteiger partial charge is 0.257 e. The first-order valence-electron chi connectivity index (χ1n) is 4.16. The molecule has 1 rings (SSSR count). The molecule has 0 aromatic rings. The predicted molar refractivity (Wildman–Crippen MR) is 44.7 cm³/mol. The monoisotopic (exact) mass is 188 g/mol. The van der Waals surface area contributed by atoms with Crippen molar-refractivity contribution < 1.29 is 14.0 Å². The van der Waals surface area contributed by atoms with E-state index in [0.29, 0.717) is 6.54 Å². The molecular weight excluding hydrogens is 175 g/mol. The van der Waals surface area contributed by atoms with Crippen LogP contribution in [0.15, 0.2) is 0 Å². The summed E-state index contributed by atoms with van der Waals surface area (Å²) in [6.45, 7) is 2.76. The Morgan fingerprint density at radius 1 is 1.69 bits per heavy atom. The fourth-order valence-electron chi connectivity index (χ4n) is 1.06. The van der Waals surface area contributed by atoms with E-state index < -0.39 is 11.6 Å². The molecule has 2 amide bonds. The summed E-state index contributed by atoms with van der Waals surface area (Å²) in [4.78, 5) is 21.8. The average molecular weight is 188 g/mol. The molecule has 0 saturated carbocycles. The minimum Gasteiger partial charge on any atom is -0.354 e. The Balaban J connectivity index is 2.42. The van der Waals surface area contributed by atoms with E-state index in [0.717, 1.165) is 0 Å². The van der Waals surface area contributed by atoms with Crippen LogP contribution in [0.4, 0.5) is 4.39 Å². The third kappa shape index (κ3) is 2.68. The maximum atomic E-state index is 13.0. The van der Waals surface area contributed by atoms with Gasteiger partial charge < -0.3 is 10.6 Å². The number of rotatable bonds is 2. The van der Waals surface area contributed by atoms with Crippen molar-refractivity contribution in [3.8, 4) is 0 Å². The lowest BCUT2D eigenvalue weighted by Crippen LogP contribution is -2.45. The molecule has 1 fully saturated rings. The lowest BCUT2D eigenvalue weighted by molar-refractivity contribution is -0.131. The molecule has 0 aromatic carbocycles. The first-order valence-corrected chi connectivity index (χ1v) is 4.16. The molecule has 0 spiro atoms. The largest absolute Gasteiger partial charge is 0.354 e. The van der Waals surface area contributed by atoms with Gasteiger partial charge >= 0.3 is 0 Å². The lowest BCUT2D eigenvalue weighted by Gasteiger charge is -2.17. The summed E-state index contributed by atoms with van der Waals surface area (Å²) in [6.07, 6.45) is 0.238. The summed E-state index contributed by atoms with van der Waals surface area (Å²) >= 11 is 0. The van der Waals surface area contributed by atoms with Gasteiger partial charge in [-0.3, -0.25) is 9.59 Å². The van der Waals surface area contributed by atoms with Crippen molar-refractivity contribution in [2.75, 3.05) is 6.54 Å². The maximum Gasteiger partial charge on any atom is 0.257 e. The Kier molecular flexibility index (Phi) is 2.54. The number of carbonyl (C=O) groups is 2. The summed E-state index contributed by atoms with van der Waals surface area (Å²) in [5.41, 5.74) is -1.88. The summed E-state index contributed by atoms with van der Waals surface area (Å²) in [6, 6.07) is -0.268. The highest BCUT2D eigenvalue weighted by Crippen LogP contribution is 2.09. The van der Waals surface area contributed by atoms with Crippen LogP contribution in [-0.2, 0) is 9.59 Å². The van der Waals surface area contributed by atoms with Crippen molar-refractivity contribution >= 4 is 11.8 Å². The zero-order valence-corrected chi connectivity index (χ0v) is 7.69. The van der Waals surface area contributed by atoms with Crippen molar-refractivity contribution in [1.82, 2.24) is 10.6 Å². The normalized spacial score (nSPS) is 22.7. The van der Waals surface area contributed by atoms with Crippen LogP contribution >= 0.6 is 0 Å². The van der Waals surface area contributed by atoms with Gasteiger partial charge in [0.25, 0.3) is 5.91 Å². The first-order chi connectivity index (χ1) is 5.89. The van der Waals surface area contributed by atoms with Gasteiger partial charge in [-0.15, -0.1) is 0 Å². The van der Waals surface area contributed by atoms with Crippen LogP contribution in [0.5, 0.6) is 0 Å². The molecule has 4 nitrogen and oxygen atoms in total. The molecule has 2 N–H and O–H groups in total. The van der Waals surface area contributed by atoms with Crippen LogP contribution in [0, 0.1) is 0 Å².